The number of aromatic nitrogens is 1. The van der Waals surface area contributed by atoms with E-state index in [1.807, 2.05) is 12.4 Å². The number of likely N-dealkylation sites (N-methyl/N-ethyl adjacent to an activating group) is 1. The Morgan fingerprint density at radius 1 is 1.43 bits per heavy atom. The van der Waals surface area contributed by atoms with Crippen molar-refractivity contribution < 1.29 is 0 Å². The normalized spacial score (nSPS) is 11.4. The van der Waals surface area contributed by atoms with Crippen LogP contribution in [-0.2, 0) is 6.42 Å². The van der Waals surface area contributed by atoms with Gasteiger partial charge < -0.3 is 4.90 Å². The van der Waals surface area contributed by atoms with Crippen molar-refractivity contribution in [3.05, 3.63) is 29.4 Å². The molecule has 3 heteroatoms. The number of thiophene rings is 1. The number of pyridine rings is 1. The van der Waals surface area contributed by atoms with E-state index < -0.39 is 0 Å². The fraction of sp³-hybridized carbons (Fsp3) is 0.364. The molecule has 0 saturated heterocycles. The molecule has 2 rings (SSSR count). The molecule has 0 aliphatic rings. The van der Waals surface area contributed by atoms with Crippen molar-refractivity contribution in [1.29, 1.82) is 0 Å². The second-order valence-corrected chi connectivity index (χ2v) is 4.60. The molecule has 2 heterocycles. The van der Waals surface area contributed by atoms with E-state index in [2.05, 4.69) is 35.4 Å². The molecule has 14 heavy (non-hydrogen) atoms. The Balaban J connectivity index is 2.25. The zero-order valence-corrected chi connectivity index (χ0v) is 9.34. The first-order valence-corrected chi connectivity index (χ1v) is 5.60. The van der Waals surface area contributed by atoms with E-state index in [1.165, 1.54) is 15.6 Å². The maximum atomic E-state index is 4.12. The second-order valence-electron chi connectivity index (χ2n) is 3.69. The number of nitrogens with zero attached hydrogens (tertiary/aromatic N) is 2. The standard InChI is InChI=1S/C11H14N2S/c1-13(2)6-4-9-8-14-11-7-12-5-3-10(9)11/h3,5,7-8H,4,6H2,1-2H3. The van der Waals surface area contributed by atoms with Gasteiger partial charge in [-0.15, -0.1) is 11.3 Å². The minimum atomic E-state index is 1.11. The highest BCUT2D eigenvalue weighted by Crippen LogP contribution is 2.24. The monoisotopic (exact) mass is 206 g/mol. The molecule has 0 aliphatic carbocycles. The Morgan fingerprint density at radius 2 is 2.29 bits per heavy atom. The number of hydrogen-bond donors (Lipinski definition) is 0. The highest BCUT2D eigenvalue weighted by Gasteiger charge is 2.03. The van der Waals surface area contributed by atoms with E-state index >= 15 is 0 Å². The molecule has 0 aliphatic heterocycles. The van der Waals surface area contributed by atoms with Gasteiger partial charge in [0.2, 0.25) is 0 Å². The molecule has 2 aromatic heterocycles. The number of hydrogen-bond acceptors (Lipinski definition) is 3. The Labute approximate surface area is 88.2 Å². The molecule has 0 fully saturated rings. The lowest BCUT2D eigenvalue weighted by atomic mass is 10.1. The predicted molar refractivity (Wildman–Crippen MR) is 61.9 cm³/mol. The molecule has 0 bridgehead atoms. The maximum absolute atomic E-state index is 4.12. The molecule has 74 valence electrons. The summed E-state index contributed by atoms with van der Waals surface area (Å²) < 4.78 is 1.29. The molecule has 0 atom stereocenters. The van der Waals surface area contributed by atoms with Crippen molar-refractivity contribution in [3.63, 3.8) is 0 Å². The first-order chi connectivity index (χ1) is 6.77. The van der Waals surface area contributed by atoms with Gasteiger partial charge in [0.15, 0.2) is 0 Å². The molecule has 0 amide bonds. The molecule has 0 spiro atoms. The van der Waals surface area contributed by atoms with Crippen LogP contribution in [0.2, 0.25) is 0 Å². The molecular weight excluding hydrogens is 192 g/mol. The lowest BCUT2D eigenvalue weighted by Crippen LogP contribution is -2.14. The first-order valence-electron chi connectivity index (χ1n) is 4.72. The lowest BCUT2D eigenvalue weighted by molar-refractivity contribution is 0.414. The molecule has 0 saturated carbocycles. The summed E-state index contributed by atoms with van der Waals surface area (Å²) in [5.41, 5.74) is 1.45. The molecule has 0 radical (unpaired) electrons. The summed E-state index contributed by atoms with van der Waals surface area (Å²) in [4.78, 5) is 6.33. The third-order valence-electron chi connectivity index (χ3n) is 2.29. The van der Waals surface area contributed by atoms with Crippen LogP contribution in [0.25, 0.3) is 10.1 Å². The van der Waals surface area contributed by atoms with Crippen LogP contribution in [-0.4, -0.2) is 30.5 Å². The maximum Gasteiger partial charge on any atom is 0.0528 e. The van der Waals surface area contributed by atoms with Crippen LogP contribution >= 0.6 is 11.3 Å². The SMILES string of the molecule is CN(C)CCc1csc2cnccc12. The van der Waals surface area contributed by atoms with Crippen molar-refractivity contribution in [3.8, 4) is 0 Å². The average molecular weight is 206 g/mol. The third-order valence-corrected chi connectivity index (χ3v) is 3.27. The van der Waals surface area contributed by atoms with Crippen LogP contribution in [0.5, 0.6) is 0 Å². The molecular formula is C11H14N2S. The summed E-state index contributed by atoms with van der Waals surface area (Å²) in [6, 6.07) is 2.11. The van der Waals surface area contributed by atoms with Gasteiger partial charge in [-0.1, -0.05) is 0 Å². The quantitative estimate of drug-likeness (QED) is 0.766. The third kappa shape index (κ3) is 1.94. The fourth-order valence-electron chi connectivity index (χ4n) is 1.47. The summed E-state index contributed by atoms with van der Waals surface area (Å²) in [5, 5.41) is 3.61. The predicted octanol–water partition coefficient (Wildman–Crippen LogP) is 2.40. The molecule has 0 N–H and O–H groups in total. The molecule has 0 unspecified atom stereocenters. The summed E-state index contributed by atoms with van der Waals surface area (Å²) in [7, 11) is 4.21. The molecule has 2 aromatic rings. The van der Waals surface area contributed by atoms with Gasteiger partial charge in [-0.05, 0) is 42.9 Å². The van der Waals surface area contributed by atoms with E-state index in [-0.39, 0.29) is 0 Å². The summed E-state index contributed by atoms with van der Waals surface area (Å²) in [6.07, 6.45) is 4.93. The van der Waals surface area contributed by atoms with Crippen molar-refractivity contribution in [2.75, 3.05) is 20.6 Å². The minimum absolute atomic E-state index is 1.11. The second kappa shape index (κ2) is 4.07. The van der Waals surface area contributed by atoms with Gasteiger partial charge in [0.1, 0.15) is 0 Å². The van der Waals surface area contributed by atoms with Gasteiger partial charge in [0, 0.05) is 18.9 Å². The van der Waals surface area contributed by atoms with Crippen LogP contribution in [0, 0.1) is 0 Å². The van der Waals surface area contributed by atoms with Gasteiger partial charge in [0.25, 0.3) is 0 Å². The number of rotatable bonds is 3. The zero-order chi connectivity index (χ0) is 9.97. The van der Waals surface area contributed by atoms with Crippen LogP contribution in [0.4, 0.5) is 0 Å². The lowest BCUT2D eigenvalue weighted by Gasteiger charge is -2.07. The van der Waals surface area contributed by atoms with Gasteiger partial charge in [-0.3, -0.25) is 4.98 Å². The van der Waals surface area contributed by atoms with Crippen molar-refractivity contribution in [2.45, 2.75) is 6.42 Å². The summed E-state index contributed by atoms with van der Waals surface area (Å²) in [5.74, 6) is 0. The van der Waals surface area contributed by atoms with Crippen molar-refractivity contribution in [1.82, 2.24) is 9.88 Å². The van der Waals surface area contributed by atoms with Gasteiger partial charge in [-0.25, -0.2) is 0 Å². The first kappa shape index (κ1) is 9.62. The largest absolute Gasteiger partial charge is 0.309 e. The van der Waals surface area contributed by atoms with Crippen LogP contribution in [0.1, 0.15) is 5.56 Å². The number of fused-ring (bicyclic) bond motifs is 1. The topological polar surface area (TPSA) is 16.1 Å². The van der Waals surface area contributed by atoms with Gasteiger partial charge >= 0.3 is 0 Å². The highest BCUT2D eigenvalue weighted by atomic mass is 32.1. The van der Waals surface area contributed by atoms with E-state index in [9.17, 15) is 0 Å². The smallest absolute Gasteiger partial charge is 0.0528 e. The average Bonchev–Trinajstić information content (AvgIpc) is 2.58. The van der Waals surface area contributed by atoms with Crippen LogP contribution in [0.15, 0.2) is 23.8 Å². The Hall–Kier alpha value is -0.930. The van der Waals surface area contributed by atoms with Gasteiger partial charge in [0.05, 0.1) is 4.70 Å². The van der Waals surface area contributed by atoms with E-state index in [0.717, 1.165) is 13.0 Å². The Kier molecular flexibility index (Phi) is 2.79. The van der Waals surface area contributed by atoms with Crippen molar-refractivity contribution in [2.24, 2.45) is 0 Å². The highest BCUT2D eigenvalue weighted by molar-refractivity contribution is 7.17. The van der Waals surface area contributed by atoms with E-state index in [0.29, 0.717) is 0 Å². The van der Waals surface area contributed by atoms with Crippen LogP contribution in [0.3, 0.4) is 0 Å². The van der Waals surface area contributed by atoms with Crippen molar-refractivity contribution >= 4 is 21.4 Å². The summed E-state index contributed by atoms with van der Waals surface area (Å²) >= 11 is 1.78. The Bertz CT molecular complexity index is 420. The fourth-order valence-corrected chi connectivity index (χ4v) is 2.44. The van der Waals surface area contributed by atoms with Crippen LogP contribution < -0.4 is 0 Å². The molecule has 2 nitrogen and oxygen atoms in total. The zero-order valence-electron chi connectivity index (χ0n) is 8.53. The summed E-state index contributed by atoms with van der Waals surface area (Å²) in [6.45, 7) is 1.11. The molecule has 0 aromatic carbocycles. The van der Waals surface area contributed by atoms with Gasteiger partial charge in [-0.2, -0.15) is 0 Å². The minimum Gasteiger partial charge on any atom is -0.309 e. The van der Waals surface area contributed by atoms with E-state index in [4.69, 9.17) is 0 Å². The Morgan fingerprint density at radius 3 is 3.07 bits per heavy atom. The van der Waals surface area contributed by atoms with E-state index in [1.54, 1.807) is 11.3 Å².